The maximum Gasteiger partial charge on any atom is 0.326 e. The first-order valence-electron chi connectivity index (χ1n) is 8.39. The molecule has 2 fully saturated rings. The van der Waals surface area contributed by atoms with Crippen molar-refractivity contribution in [3.05, 3.63) is 34.4 Å². The first kappa shape index (κ1) is 17.2. The smallest absolute Gasteiger partial charge is 0.326 e. The van der Waals surface area contributed by atoms with E-state index in [0.717, 1.165) is 25.7 Å². The van der Waals surface area contributed by atoms with Gasteiger partial charge in [0.1, 0.15) is 6.04 Å². The van der Waals surface area contributed by atoms with Crippen molar-refractivity contribution < 1.29 is 24.4 Å². The van der Waals surface area contributed by atoms with Gasteiger partial charge in [-0.15, -0.1) is 0 Å². The monoisotopic (exact) mass is 348 g/mol. The maximum atomic E-state index is 12.6. The van der Waals surface area contributed by atoms with Gasteiger partial charge in [-0.25, -0.2) is 4.79 Å². The Morgan fingerprint density at radius 3 is 2.72 bits per heavy atom. The molecule has 3 atom stereocenters. The first-order valence-corrected chi connectivity index (χ1v) is 8.39. The van der Waals surface area contributed by atoms with Gasteiger partial charge in [0.05, 0.1) is 4.92 Å². The van der Waals surface area contributed by atoms with E-state index in [2.05, 4.69) is 0 Å². The van der Waals surface area contributed by atoms with Crippen molar-refractivity contribution in [2.24, 2.45) is 5.92 Å². The summed E-state index contributed by atoms with van der Waals surface area (Å²) in [5.74, 6) is -1.22. The van der Waals surface area contributed by atoms with E-state index in [0.29, 0.717) is 6.42 Å². The van der Waals surface area contributed by atoms with Crippen LogP contribution in [0.25, 0.3) is 0 Å². The molecule has 1 heterocycles. The van der Waals surface area contributed by atoms with Gasteiger partial charge in [0, 0.05) is 12.1 Å². The lowest BCUT2D eigenvalue weighted by atomic mass is 9.85. The molecular formula is C17H20N2O6. The van der Waals surface area contributed by atoms with Crippen LogP contribution in [0.3, 0.4) is 0 Å². The summed E-state index contributed by atoms with van der Waals surface area (Å²) in [6, 6.07) is 4.91. The number of nitrogens with zero attached hydrogens (tertiary/aromatic N) is 2. The van der Waals surface area contributed by atoms with Crippen molar-refractivity contribution in [1.29, 1.82) is 0 Å². The van der Waals surface area contributed by atoms with E-state index in [9.17, 15) is 24.8 Å². The Labute approximate surface area is 144 Å². The first-order chi connectivity index (χ1) is 12.0. The van der Waals surface area contributed by atoms with E-state index >= 15 is 0 Å². The largest absolute Gasteiger partial charge is 0.480 e. The number of nitro groups is 1. The predicted octanol–water partition coefficient (Wildman–Crippen LogP) is 2.22. The minimum atomic E-state index is -1.01. The third kappa shape index (κ3) is 3.42. The van der Waals surface area contributed by atoms with Crippen molar-refractivity contribution in [3.63, 3.8) is 0 Å². The Balaban J connectivity index is 1.73. The normalized spacial score (nSPS) is 25.3. The highest BCUT2D eigenvalue weighted by Crippen LogP contribution is 2.40. The number of likely N-dealkylation sites (tertiary alicyclic amines) is 1. The van der Waals surface area contributed by atoms with Crippen molar-refractivity contribution in [2.45, 2.75) is 44.2 Å². The second-order valence-corrected chi connectivity index (χ2v) is 6.52. The highest BCUT2D eigenvalue weighted by atomic mass is 16.6. The molecule has 3 unspecified atom stereocenters. The quantitative estimate of drug-likeness (QED) is 0.645. The third-order valence-corrected chi connectivity index (χ3v) is 5.07. The number of carbonyl (C=O) groups excluding carboxylic acids is 1. The van der Waals surface area contributed by atoms with E-state index in [-0.39, 0.29) is 23.4 Å². The minimum absolute atomic E-state index is 0.00659. The number of hydrogen-bond acceptors (Lipinski definition) is 5. The molecule has 1 aromatic rings. The van der Waals surface area contributed by atoms with E-state index in [1.165, 1.54) is 23.1 Å². The van der Waals surface area contributed by atoms with Crippen molar-refractivity contribution in [1.82, 2.24) is 4.90 Å². The van der Waals surface area contributed by atoms with Crippen LogP contribution in [0.4, 0.5) is 5.69 Å². The molecule has 3 rings (SSSR count). The van der Waals surface area contributed by atoms with Crippen LogP contribution < -0.4 is 4.74 Å². The van der Waals surface area contributed by atoms with Crippen molar-refractivity contribution >= 4 is 17.6 Å². The molecule has 0 bridgehead atoms. The number of benzene rings is 1. The molecule has 0 aromatic heterocycles. The number of carbonyl (C=O) groups is 2. The molecule has 8 heteroatoms. The van der Waals surface area contributed by atoms with Crippen LogP contribution in [-0.4, -0.2) is 45.5 Å². The van der Waals surface area contributed by atoms with Crippen LogP contribution in [0, 0.1) is 16.0 Å². The van der Waals surface area contributed by atoms with Gasteiger partial charge < -0.3 is 14.7 Å². The van der Waals surface area contributed by atoms with Gasteiger partial charge in [0.15, 0.2) is 12.4 Å². The number of ether oxygens (including phenoxy) is 1. The molecule has 1 aromatic carbocycles. The van der Waals surface area contributed by atoms with Crippen LogP contribution in [0.5, 0.6) is 5.75 Å². The molecule has 0 spiro atoms. The van der Waals surface area contributed by atoms with Crippen LogP contribution in [-0.2, 0) is 9.59 Å². The predicted molar refractivity (Wildman–Crippen MR) is 87.2 cm³/mol. The molecule has 1 aliphatic heterocycles. The lowest BCUT2D eigenvalue weighted by Gasteiger charge is -2.32. The lowest BCUT2D eigenvalue weighted by Crippen LogP contribution is -2.48. The third-order valence-electron chi connectivity index (χ3n) is 5.07. The van der Waals surface area contributed by atoms with Crippen molar-refractivity contribution in [2.75, 3.05) is 6.61 Å². The Hall–Kier alpha value is -2.64. The SMILES string of the molecule is O=C(O)C1CC2CCCCC2N1C(=O)COc1ccccc1[N+](=O)[O-]. The molecule has 1 amide bonds. The highest BCUT2D eigenvalue weighted by molar-refractivity contribution is 5.85. The van der Waals surface area contributed by atoms with E-state index < -0.39 is 29.4 Å². The molecule has 2 aliphatic rings. The van der Waals surface area contributed by atoms with E-state index in [1.54, 1.807) is 6.07 Å². The molecule has 134 valence electrons. The molecule has 8 nitrogen and oxygen atoms in total. The van der Waals surface area contributed by atoms with Gasteiger partial charge in [0.25, 0.3) is 5.91 Å². The summed E-state index contributed by atoms with van der Waals surface area (Å²) in [6.07, 6.45) is 4.23. The number of para-hydroxylation sites is 2. The van der Waals surface area contributed by atoms with Gasteiger partial charge >= 0.3 is 11.7 Å². The molecular weight excluding hydrogens is 328 g/mol. The fraction of sp³-hybridized carbons (Fsp3) is 0.529. The summed E-state index contributed by atoms with van der Waals surface area (Å²) in [4.78, 5) is 36.1. The second-order valence-electron chi connectivity index (χ2n) is 6.52. The summed E-state index contributed by atoms with van der Waals surface area (Å²) in [7, 11) is 0. The number of hydrogen-bond donors (Lipinski definition) is 1. The summed E-state index contributed by atoms with van der Waals surface area (Å²) in [5.41, 5.74) is -0.220. The zero-order valence-electron chi connectivity index (χ0n) is 13.7. The molecule has 1 aliphatic carbocycles. The maximum absolute atomic E-state index is 12.6. The fourth-order valence-corrected chi connectivity index (χ4v) is 3.98. The number of amides is 1. The van der Waals surface area contributed by atoms with Gasteiger partial charge in [-0.2, -0.15) is 0 Å². The number of aliphatic carboxylic acids is 1. The van der Waals surface area contributed by atoms with Crippen LogP contribution in [0.15, 0.2) is 24.3 Å². The zero-order valence-corrected chi connectivity index (χ0v) is 13.7. The number of carboxylic acid groups (broad SMARTS) is 1. The van der Waals surface area contributed by atoms with Crippen molar-refractivity contribution in [3.8, 4) is 5.75 Å². The van der Waals surface area contributed by atoms with E-state index in [1.807, 2.05) is 0 Å². The summed E-state index contributed by atoms with van der Waals surface area (Å²) in [6.45, 7) is -0.405. The summed E-state index contributed by atoms with van der Waals surface area (Å²) < 4.78 is 5.35. The summed E-state index contributed by atoms with van der Waals surface area (Å²) in [5, 5.41) is 20.5. The average Bonchev–Trinajstić information content (AvgIpc) is 2.99. The standard InChI is InChI=1S/C17H20N2O6/c20-16(10-25-15-8-4-3-7-13(15)19(23)24)18-12-6-2-1-5-11(12)9-14(18)17(21)22/h3-4,7-8,11-12,14H,1-2,5-6,9-10H2,(H,21,22). The molecule has 1 saturated carbocycles. The van der Waals surface area contributed by atoms with Crippen LogP contribution in [0.1, 0.15) is 32.1 Å². The number of fused-ring (bicyclic) bond motifs is 1. The number of carboxylic acids is 1. The molecule has 25 heavy (non-hydrogen) atoms. The average molecular weight is 348 g/mol. The lowest BCUT2D eigenvalue weighted by molar-refractivity contribution is -0.385. The molecule has 0 radical (unpaired) electrons. The Bertz CT molecular complexity index is 691. The topological polar surface area (TPSA) is 110 Å². The fourth-order valence-electron chi connectivity index (χ4n) is 3.98. The number of rotatable bonds is 5. The molecule has 1 saturated heterocycles. The van der Waals surface area contributed by atoms with E-state index in [4.69, 9.17) is 4.74 Å². The van der Waals surface area contributed by atoms with Gasteiger partial charge in [-0.1, -0.05) is 25.0 Å². The highest BCUT2D eigenvalue weighted by Gasteiger charge is 2.47. The minimum Gasteiger partial charge on any atom is -0.480 e. The Kier molecular flexibility index (Phi) is 4.87. The van der Waals surface area contributed by atoms with Gasteiger partial charge in [0.2, 0.25) is 0 Å². The van der Waals surface area contributed by atoms with Gasteiger partial charge in [-0.3, -0.25) is 14.9 Å². The Morgan fingerprint density at radius 2 is 2.00 bits per heavy atom. The summed E-state index contributed by atoms with van der Waals surface area (Å²) >= 11 is 0. The van der Waals surface area contributed by atoms with Crippen LogP contribution in [0.2, 0.25) is 0 Å². The van der Waals surface area contributed by atoms with Gasteiger partial charge in [-0.05, 0) is 31.2 Å². The van der Waals surface area contributed by atoms with Crippen LogP contribution >= 0.6 is 0 Å². The second kappa shape index (κ2) is 7.08. The number of nitro benzene ring substituents is 1. The Morgan fingerprint density at radius 1 is 1.28 bits per heavy atom. The zero-order chi connectivity index (χ0) is 18.0. The molecule has 1 N–H and O–H groups in total.